The maximum atomic E-state index is 12.6. The van der Waals surface area contributed by atoms with Crippen LogP contribution in [0.1, 0.15) is 29.5 Å². The normalized spacial score (nSPS) is 10.3. The first kappa shape index (κ1) is 18.6. The fourth-order valence-electron chi connectivity index (χ4n) is 2.49. The Hall–Kier alpha value is -2.69. The van der Waals surface area contributed by atoms with E-state index in [1.807, 2.05) is 43.3 Å². The van der Waals surface area contributed by atoms with Gasteiger partial charge in [0.1, 0.15) is 0 Å². The standard InChI is InChI=1S/C20H24N2O3/c1-16-3-5-17(6-4-16)7-8-19(23)22(14-11-20(24)25-2)15-18-9-12-21-13-10-18/h3-6,9-10,12-13H,7-8,11,14-15H2,1-2H3. The van der Waals surface area contributed by atoms with Crippen LogP contribution in [-0.4, -0.2) is 35.4 Å². The van der Waals surface area contributed by atoms with Crippen LogP contribution in [0.3, 0.4) is 0 Å². The quantitative estimate of drug-likeness (QED) is 0.693. The van der Waals surface area contributed by atoms with Gasteiger partial charge >= 0.3 is 5.97 Å². The van der Waals surface area contributed by atoms with Crippen molar-refractivity contribution in [1.29, 1.82) is 0 Å². The number of aryl methyl sites for hydroxylation is 2. The van der Waals surface area contributed by atoms with Crippen molar-refractivity contribution >= 4 is 11.9 Å². The highest BCUT2D eigenvalue weighted by Crippen LogP contribution is 2.10. The lowest BCUT2D eigenvalue weighted by molar-refractivity contribution is -0.141. The van der Waals surface area contributed by atoms with Gasteiger partial charge in [0.25, 0.3) is 0 Å². The number of ether oxygens (including phenoxy) is 1. The van der Waals surface area contributed by atoms with E-state index in [0.29, 0.717) is 25.9 Å². The maximum Gasteiger partial charge on any atom is 0.307 e. The van der Waals surface area contributed by atoms with Crippen molar-refractivity contribution < 1.29 is 14.3 Å². The van der Waals surface area contributed by atoms with Gasteiger partial charge in [-0.25, -0.2) is 0 Å². The monoisotopic (exact) mass is 340 g/mol. The third-order valence-electron chi connectivity index (χ3n) is 4.04. The second kappa shape index (κ2) is 9.57. The van der Waals surface area contributed by atoms with Crippen LogP contribution in [0.4, 0.5) is 0 Å². The molecule has 0 atom stereocenters. The first-order chi connectivity index (χ1) is 12.1. The van der Waals surface area contributed by atoms with Gasteiger partial charge in [-0.3, -0.25) is 14.6 Å². The molecule has 0 spiro atoms. The van der Waals surface area contributed by atoms with Gasteiger partial charge in [0, 0.05) is 31.9 Å². The van der Waals surface area contributed by atoms with Gasteiger partial charge < -0.3 is 9.64 Å². The van der Waals surface area contributed by atoms with Crippen molar-refractivity contribution in [3.05, 3.63) is 65.5 Å². The summed E-state index contributed by atoms with van der Waals surface area (Å²) in [5, 5.41) is 0. The Morgan fingerprint density at radius 1 is 1.00 bits per heavy atom. The third-order valence-corrected chi connectivity index (χ3v) is 4.04. The summed E-state index contributed by atoms with van der Waals surface area (Å²) in [6.45, 7) is 2.85. The van der Waals surface area contributed by atoms with Crippen LogP contribution in [0.15, 0.2) is 48.8 Å². The average molecular weight is 340 g/mol. The van der Waals surface area contributed by atoms with Gasteiger partial charge in [-0.15, -0.1) is 0 Å². The lowest BCUT2D eigenvalue weighted by Crippen LogP contribution is -2.33. The zero-order chi connectivity index (χ0) is 18.1. The Bertz CT molecular complexity index is 684. The summed E-state index contributed by atoms with van der Waals surface area (Å²) >= 11 is 0. The zero-order valence-corrected chi connectivity index (χ0v) is 14.8. The molecule has 1 heterocycles. The molecule has 1 amide bonds. The van der Waals surface area contributed by atoms with Crippen molar-refractivity contribution in [2.75, 3.05) is 13.7 Å². The van der Waals surface area contributed by atoms with Crippen LogP contribution < -0.4 is 0 Å². The van der Waals surface area contributed by atoms with Gasteiger partial charge in [0.2, 0.25) is 5.91 Å². The molecule has 0 saturated heterocycles. The van der Waals surface area contributed by atoms with Crippen LogP contribution in [0.2, 0.25) is 0 Å². The number of nitrogens with zero attached hydrogens (tertiary/aromatic N) is 2. The molecule has 0 bridgehead atoms. The van der Waals surface area contributed by atoms with E-state index in [1.54, 1.807) is 17.3 Å². The number of carbonyl (C=O) groups excluding carboxylic acids is 2. The van der Waals surface area contributed by atoms with Crippen molar-refractivity contribution in [3.8, 4) is 0 Å². The Morgan fingerprint density at radius 2 is 1.68 bits per heavy atom. The molecule has 0 aliphatic carbocycles. The molecule has 0 aliphatic heterocycles. The largest absolute Gasteiger partial charge is 0.469 e. The van der Waals surface area contributed by atoms with Crippen LogP contribution >= 0.6 is 0 Å². The Morgan fingerprint density at radius 3 is 2.32 bits per heavy atom. The first-order valence-electron chi connectivity index (χ1n) is 8.37. The molecule has 0 radical (unpaired) electrons. The summed E-state index contributed by atoms with van der Waals surface area (Å²) < 4.78 is 4.68. The number of hydrogen-bond donors (Lipinski definition) is 0. The molecular weight excluding hydrogens is 316 g/mol. The number of carbonyl (C=O) groups is 2. The minimum atomic E-state index is -0.314. The summed E-state index contributed by atoms with van der Waals surface area (Å²) in [7, 11) is 1.36. The van der Waals surface area contributed by atoms with Crippen molar-refractivity contribution in [1.82, 2.24) is 9.88 Å². The molecule has 1 aromatic carbocycles. The molecule has 2 rings (SSSR count). The van der Waals surface area contributed by atoms with Gasteiger partial charge in [-0.2, -0.15) is 0 Å². The van der Waals surface area contributed by atoms with E-state index in [9.17, 15) is 9.59 Å². The summed E-state index contributed by atoms with van der Waals surface area (Å²) in [6, 6.07) is 11.9. The van der Waals surface area contributed by atoms with E-state index in [4.69, 9.17) is 0 Å². The van der Waals surface area contributed by atoms with E-state index in [1.165, 1.54) is 12.7 Å². The SMILES string of the molecule is COC(=O)CCN(Cc1ccncc1)C(=O)CCc1ccc(C)cc1. The van der Waals surface area contributed by atoms with E-state index in [2.05, 4.69) is 9.72 Å². The highest BCUT2D eigenvalue weighted by molar-refractivity contribution is 5.77. The van der Waals surface area contributed by atoms with E-state index in [0.717, 1.165) is 11.1 Å². The number of amides is 1. The molecule has 0 unspecified atom stereocenters. The van der Waals surface area contributed by atoms with E-state index in [-0.39, 0.29) is 18.3 Å². The Kier molecular flexibility index (Phi) is 7.14. The molecule has 2 aromatic rings. The summed E-state index contributed by atoms with van der Waals surface area (Å²) in [6.07, 6.45) is 4.69. The molecule has 1 aromatic heterocycles. The minimum absolute atomic E-state index is 0.0290. The second-order valence-electron chi connectivity index (χ2n) is 5.98. The third kappa shape index (κ3) is 6.37. The van der Waals surface area contributed by atoms with Crippen LogP contribution in [0.5, 0.6) is 0 Å². The number of hydrogen-bond acceptors (Lipinski definition) is 4. The molecule has 0 fully saturated rings. The summed E-state index contributed by atoms with van der Waals surface area (Å²) in [4.78, 5) is 29.8. The smallest absolute Gasteiger partial charge is 0.307 e. The van der Waals surface area contributed by atoms with Crippen LogP contribution in [0, 0.1) is 6.92 Å². The van der Waals surface area contributed by atoms with Crippen molar-refractivity contribution in [2.45, 2.75) is 32.7 Å². The predicted molar refractivity (Wildman–Crippen MR) is 95.8 cm³/mol. The molecule has 5 nitrogen and oxygen atoms in total. The number of esters is 1. The number of benzene rings is 1. The van der Waals surface area contributed by atoms with Crippen molar-refractivity contribution in [3.63, 3.8) is 0 Å². The lowest BCUT2D eigenvalue weighted by atomic mass is 10.1. The van der Waals surface area contributed by atoms with Crippen molar-refractivity contribution in [2.24, 2.45) is 0 Å². The molecular formula is C20H24N2O3. The number of methoxy groups -OCH3 is 1. The average Bonchev–Trinajstić information content (AvgIpc) is 2.64. The summed E-state index contributed by atoms with van der Waals surface area (Å²) in [5.74, 6) is -0.285. The molecule has 0 aliphatic rings. The van der Waals surface area contributed by atoms with Gasteiger partial charge in [0.05, 0.1) is 13.5 Å². The topological polar surface area (TPSA) is 59.5 Å². The van der Waals surface area contributed by atoms with Crippen LogP contribution in [-0.2, 0) is 27.3 Å². The molecule has 5 heteroatoms. The maximum absolute atomic E-state index is 12.6. The number of aromatic nitrogens is 1. The lowest BCUT2D eigenvalue weighted by Gasteiger charge is -2.22. The molecule has 0 N–H and O–H groups in total. The Balaban J connectivity index is 1.97. The second-order valence-corrected chi connectivity index (χ2v) is 5.98. The van der Waals surface area contributed by atoms with Gasteiger partial charge in [-0.05, 0) is 36.6 Å². The van der Waals surface area contributed by atoms with Gasteiger partial charge in [0.15, 0.2) is 0 Å². The Labute approximate surface area is 148 Å². The zero-order valence-electron chi connectivity index (χ0n) is 14.8. The predicted octanol–water partition coefficient (Wildman–Crippen LogP) is 2.91. The molecule has 0 saturated carbocycles. The van der Waals surface area contributed by atoms with Crippen LogP contribution in [0.25, 0.3) is 0 Å². The summed E-state index contributed by atoms with van der Waals surface area (Å²) in [5.41, 5.74) is 3.33. The molecule has 132 valence electrons. The highest BCUT2D eigenvalue weighted by Gasteiger charge is 2.16. The number of rotatable bonds is 8. The number of pyridine rings is 1. The first-order valence-corrected chi connectivity index (χ1v) is 8.37. The van der Waals surface area contributed by atoms with E-state index < -0.39 is 0 Å². The molecule has 25 heavy (non-hydrogen) atoms. The highest BCUT2D eigenvalue weighted by atomic mass is 16.5. The minimum Gasteiger partial charge on any atom is -0.469 e. The van der Waals surface area contributed by atoms with Gasteiger partial charge in [-0.1, -0.05) is 29.8 Å². The fourth-order valence-corrected chi connectivity index (χ4v) is 2.49. The van der Waals surface area contributed by atoms with E-state index >= 15 is 0 Å². The fraction of sp³-hybridized carbons (Fsp3) is 0.350.